The summed E-state index contributed by atoms with van der Waals surface area (Å²) in [6.07, 6.45) is -5.70. The molecule has 0 aromatic carbocycles. The van der Waals surface area contributed by atoms with Gasteiger partial charge >= 0.3 is 53.6 Å². The maximum Gasteiger partial charge on any atom is 1.00 e. The molecule has 0 rings (SSSR count). The van der Waals surface area contributed by atoms with Crippen molar-refractivity contribution in [2.24, 2.45) is 0 Å². The summed E-state index contributed by atoms with van der Waals surface area (Å²) in [6, 6.07) is 0. The third-order valence-corrected chi connectivity index (χ3v) is 1.82. The van der Waals surface area contributed by atoms with Gasteiger partial charge in [-0.25, -0.2) is 10.1 Å². The van der Waals surface area contributed by atoms with Crippen LogP contribution in [0.2, 0.25) is 0 Å². The number of carbonyl (C=O) groups is 3. The summed E-state index contributed by atoms with van der Waals surface area (Å²) in [6.45, 7) is -0.912. The second-order valence-corrected chi connectivity index (χ2v) is 3.56. The van der Waals surface area contributed by atoms with Gasteiger partial charge < -0.3 is 36.8 Å². The maximum absolute atomic E-state index is 11.1. The Balaban J connectivity index is -0.00000162. The number of carboxylic acid groups (broad SMARTS) is 2. The van der Waals surface area contributed by atoms with Crippen LogP contribution in [-0.2, 0) is 19.1 Å². The molecule has 0 saturated heterocycles. The first-order valence-corrected chi connectivity index (χ1v) is 4.71. The molecule has 1 unspecified atom stereocenters. The van der Waals surface area contributed by atoms with Crippen molar-refractivity contribution in [2.75, 3.05) is 6.73 Å². The van der Waals surface area contributed by atoms with Crippen molar-refractivity contribution in [1.29, 1.82) is 0 Å². The Labute approximate surface area is 135 Å². The fourth-order valence-electron chi connectivity index (χ4n) is 0.967. The molecule has 0 fully saturated rings. The van der Waals surface area contributed by atoms with E-state index in [1.807, 2.05) is 0 Å². The monoisotopic (exact) mass is 307 g/mol. The molecule has 0 aliphatic heterocycles. The zero-order chi connectivity index (χ0) is 15.3. The second-order valence-electron chi connectivity index (χ2n) is 3.56. The molecule has 0 heterocycles. The smallest absolute Gasteiger partial charge is 1.00 e. The van der Waals surface area contributed by atoms with Crippen LogP contribution in [0.3, 0.4) is 0 Å². The molecule has 0 aromatic heterocycles. The van der Waals surface area contributed by atoms with E-state index in [2.05, 4.69) is 4.74 Å². The predicted molar refractivity (Wildman–Crippen MR) is 54.0 cm³/mol. The summed E-state index contributed by atoms with van der Waals surface area (Å²) in [4.78, 5) is 32.1. The molecule has 1 atom stereocenters. The number of aliphatic carboxylic acids is 2. The molecule has 112 valence electrons. The number of rotatable bonds is 8. The molecule has 11 nitrogen and oxygen atoms in total. The second kappa shape index (κ2) is 8.49. The van der Waals surface area contributed by atoms with E-state index in [1.54, 1.807) is 0 Å². The van der Waals surface area contributed by atoms with Gasteiger partial charge in [0.05, 0.1) is 12.8 Å². The minimum atomic E-state index is -3.30. The number of esters is 1. The molecule has 0 bridgehead atoms. The van der Waals surface area contributed by atoms with E-state index in [1.165, 1.54) is 5.32 Å². The predicted octanol–water partition coefficient (Wildman–Crippen LogP) is -6.54. The SMILES string of the molecule is O=C(O)CC(O)(CC(=O)OCNC(O)(O)O)C(=O)O.[H-].[Na+]. The molecular weight excluding hydrogens is 293 g/mol. The number of carbonyl (C=O) groups excluding carboxylic acids is 1. The topological polar surface area (TPSA) is 194 Å². The Kier molecular flexibility index (Phi) is 9.13. The van der Waals surface area contributed by atoms with Gasteiger partial charge in [-0.05, 0) is 0 Å². The Morgan fingerprint density at radius 2 is 1.55 bits per heavy atom. The van der Waals surface area contributed by atoms with Gasteiger partial charge in [0.25, 0.3) is 0 Å². The van der Waals surface area contributed by atoms with E-state index in [4.69, 9.17) is 25.5 Å². The Morgan fingerprint density at radius 1 is 1.05 bits per heavy atom. The van der Waals surface area contributed by atoms with E-state index in [9.17, 15) is 19.5 Å². The van der Waals surface area contributed by atoms with Crippen LogP contribution in [0.25, 0.3) is 0 Å². The summed E-state index contributed by atoms with van der Waals surface area (Å²) in [5, 5.41) is 53.0. The van der Waals surface area contributed by atoms with Crippen molar-refractivity contribution in [3.8, 4) is 0 Å². The van der Waals surface area contributed by atoms with E-state index in [0.717, 1.165) is 0 Å². The van der Waals surface area contributed by atoms with Gasteiger partial charge in [-0.15, -0.1) is 0 Å². The fourth-order valence-corrected chi connectivity index (χ4v) is 0.967. The van der Waals surface area contributed by atoms with Crippen LogP contribution in [0.15, 0.2) is 0 Å². The fraction of sp³-hybridized carbons (Fsp3) is 0.625. The third-order valence-electron chi connectivity index (χ3n) is 1.82. The van der Waals surface area contributed by atoms with Crippen LogP contribution in [0.5, 0.6) is 0 Å². The van der Waals surface area contributed by atoms with E-state index >= 15 is 0 Å². The summed E-state index contributed by atoms with van der Waals surface area (Å²) in [5.41, 5.74) is -2.85. The average molecular weight is 307 g/mol. The first-order chi connectivity index (χ1) is 8.46. The van der Waals surface area contributed by atoms with Crippen molar-refractivity contribution < 1.29 is 80.7 Å². The van der Waals surface area contributed by atoms with Gasteiger partial charge in [-0.1, -0.05) is 0 Å². The molecule has 0 aliphatic carbocycles. The van der Waals surface area contributed by atoms with Gasteiger partial charge in [-0.2, -0.15) is 0 Å². The number of hydrogen-bond acceptors (Lipinski definition) is 9. The van der Waals surface area contributed by atoms with Gasteiger partial charge in [0, 0.05) is 0 Å². The summed E-state index contributed by atoms with van der Waals surface area (Å²) < 4.78 is 4.20. The standard InChI is InChI=1S/C8H13NO10.Na.H/c10-4(11)1-7(15,6(13)14)2-5(12)19-3-9-8(16,17)18;;/h9,15-18H,1-3H2,(H,10,11)(H,13,14);;/q;+1;-1. The van der Waals surface area contributed by atoms with Crippen LogP contribution in [0, 0.1) is 0 Å². The normalized spacial score (nSPS) is 13.8. The number of aliphatic hydroxyl groups is 4. The van der Waals surface area contributed by atoms with Gasteiger partial charge in [0.2, 0.25) is 0 Å². The Bertz CT molecular complexity index is 373. The molecule has 0 spiro atoms. The van der Waals surface area contributed by atoms with Crippen molar-refractivity contribution >= 4 is 17.9 Å². The molecule has 20 heavy (non-hydrogen) atoms. The summed E-state index contributed by atoms with van der Waals surface area (Å²) in [7, 11) is 0. The van der Waals surface area contributed by atoms with E-state index in [-0.39, 0.29) is 31.0 Å². The number of ether oxygens (including phenoxy) is 1. The maximum atomic E-state index is 11.1. The van der Waals surface area contributed by atoms with Gasteiger partial charge in [0.15, 0.2) is 5.60 Å². The molecule has 7 N–H and O–H groups in total. The van der Waals surface area contributed by atoms with Crippen LogP contribution < -0.4 is 34.9 Å². The first-order valence-electron chi connectivity index (χ1n) is 4.71. The quantitative estimate of drug-likeness (QED) is 0.128. The van der Waals surface area contributed by atoms with E-state index in [0.29, 0.717) is 0 Å². The van der Waals surface area contributed by atoms with Crippen LogP contribution in [-0.4, -0.2) is 67.0 Å². The number of carboxylic acids is 2. The first kappa shape index (κ1) is 21.5. The van der Waals surface area contributed by atoms with Gasteiger partial charge in [0.1, 0.15) is 6.73 Å². The minimum Gasteiger partial charge on any atom is -1.00 e. The number of hydrogen-bond donors (Lipinski definition) is 7. The zero-order valence-corrected chi connectivity index (χ0v) is 12.4. The Hall–Kier alpha value is -0.790. The number of nitrogens with one attached hydrogen (secondary N) is 1. The molecule has 0 aromatic rings. The zero-order valence-electron chi connectivity index (χ0n) is 11.4. The van der Waals surface area contributed by atoms with Gasteiger partial charge in [-0.3, -0.25) is 9.59 Å². The van der Waals surface area contributed by atoms with Crippen molar-refractivity contribution in [3.05, 3.63) is 0 Å². The van der Waals surface area contributed by atoms with Crippen molar-refractivity contribution in [1.82, 2.24) is 5.32 Å². The van der Waals surface area contributed by atoms with Crippen LogP contribution in [0.4, 0.5) is 0 Å². The van der Waals surface area contributed by atoms with Crippen LogP contribution in [0.1, 0.15) is 14.3 Å². The molecular formula is C8H14NNaO10. The van der Waals surface area contributed by atoms with E-state index < -0.39 is 49.2 Å². The summed E-state index contributed by atoms with van der Waals surface area (Å²) in [5.74, 6) is -4.90. The van der Waals surface area contributed by atoms with Crippen molar-refractivity contribution in [3.63, 3.8) is 0 Å². The largest absolute Gasteiger partial charge is 1.00 e. The molecule has 0 amide bonds. The molecule has 12 heteroatoms. The summed E-state index contributed by atoms with van der Waals surface area (Å²) >= 11 is 0. The molecule has 0 aliphatic rings. The third kappa shape index (κ3) is 9.17. The van der Waals surface area contributed by atoms with Crippen LogP contribution >= 0.6 is 0 Å². The average Bonchev–Trinajstić information content (AvgIpc) is 2.12. The molecule has 0 saturated carbocycles. The molecule has 0 radical (unpaired) electrons. The Morgan fingerprint density at radius 3 is 1.90 bits per heavy atom. The minimum absolute atomic E-state index is 0. The van der Waals surface area contributed by atoms with Crippen molar-refractivity contribution in [2.45, 2.75) is 24.5 Å².